The molecule has 6 nitrogen and oxygen atoms in total. The molecule has 0 radical (unpaired) electrons. The number of allylic oxidation sites excluding steroid dienone is 1. The molecule has 1 unspecified atom stereocenters. The van der Waals surface area contributed by atoms with Gasteiger partial charge in [-0.2, -0.15) is 0 Å². The van der Waals surface area contributed by atoms with Crippen LogP contribution in [0.3, 0.4) is 0 Å². The first-order chi connectivity index (χ1) is 18.0. The predicted molar refractivity (Wildman–Crippen MR) is 145 cm³/mol. The molecular formula is C30H28N2O4S. The van der Waals surface area contributed by atoms with Gasteiger partial charge in [0.05, 0.1) is 7.11 Å². The Morgan fingerprint density at radius 2 is 1.65 bits per heavy atom. The molecule has 2 aliphatic rings. The lowest BCUT2D eigenvalue weighted by Gasteiger charge is -2.48. The number of nitrogens with zero attached hydrogens (tertiary/aromatic N) is 1. The van der Waals surface area contributed by atoms with Crippen LogP contribution in [0.5, 0.6) is 5.75 Å². The summed E-state index contributed by atoms with van der Waals surface area (Å²) in [6.07, 6.45) is 1.99. The van der Waals surface area contributed by atoms with Crippen LogP contribution in [0.2, 0.25) is 0 Å². The van der Waals surface area contributed by atoms with Gasteiger partial charge in [-0.15, -0.1) is 11.8 Å². The van der Waals surface area contributed by atoms with E-state index in [-0.39, 0.29) is 17.0 Å². The number of β-lactam (4-membered cyclic amide) rings is 1. The Kier molecular flexibility index (Phi) is 6.91. The van der Waals surface area contributed by atoms with Crippen LogP contribution >= 0.6 is 11.8 Å². The second-order valence-electron chi connectivity index (χ2n) is 8.99. The number of ether oxygens (including phenoxy) is 2. The molecule has 2 heterocycles. The molecule has 37 heavy (non-hydrogen) atoms. The van der Waals surface area contributed by atoms with Crippen LogP contribution in [0.25, 0.3) is 0 Å². The summed E-state index contributed by atoms with van der Waals surface area (Å²) in [5, 5.41) is -0.289. The molecular weight excluding hydrogens is 484 g/mol. The van der Waals surface area contributed by atoms with Gasteiger partial charge in [0.1, 0.15) is 22.9 Å². The minimum atomic E-state index is -1.16. The topological polar surface area (TPSA) is 81.9 Å². The average Bonchev–Trinajstić information content (AvgIpc) is 2.96. The highest BCUT2D eigenvalue weighted by Gasteiger charge is 2.53. The minimum Gasteiger partial charge on any atom is -0.497 e. The Bertz CT molecular complexity index is 1300. The number of carbonyl (C=O) groups is 2. The maximum absolute atomic E-state index is 14.1. The molecule has 7 heteroatoms. The SMILES string of the molecule is C=CC1=C(C(=O)OC(Cc2ccc(OC)cc2)(c2ccccc2)c2ccccc2)N2C(=O)C(N)[C@@H]2SC1. The lowest BCUT2D eigenvalue weighted by molar-refractivity contribution is -0.159. The third-order valence-corrected chi connectivity index (χ3v) is 8.16. The van der Waals surface area contributed by atoms with Gasteiger partial charge in [-0.05, 0) is 23.3 Å². The second kappa shape index (κ2) is 10.3. The maximum atomic E-state index is 14.1. The quantitative estimate of drug-likeness (QED) is 0.356. The Balaban J connectivity index is 1.63. The van der Waals surface area contributed by atoms with E-state index in [1.54, 1.807) is 13.2 Å². The van der Waals surface area contributed by atoms with Crippen molar-refractivity contribution in [1.29, 1.82) is 0 Å². The van der Waals surface area contributed by atoms with Crippen molar-refractivity contribution in [3.05, 3.63) is 126 Å². The highest BCUT2D eigenvalue weighted by molar-refractivity contribution is 8.00. The molecule has 5 rings (SSSR count). The normalized spacial score (nSPS) is 19.1. The highest BCUT2D eigenvalue weighted by atomic mass is 32.2. The molecule has 3 aromatic rings. The molecule has 188 valence electrons. The standard InChI is InChI=1S/C30H28N2O4S/c1-3-21-19-37-28-25(31)27(33)32(28)26(21)29(34)36-30(22-10-6-4-7-11-22,23-12-8-5-9-13-23)18-20-14-16-24(35-2)17-15-20/h3-17,25,28H,1,18-19,31H2,2H3/t25?,28-/m0/s1. The number of benzene rings is 3. The molecule has 2 N–H and O–H groups in total. The third kappa shape index (κ3) is 4.45. The molecule has 1 saturated heterocycles. The van der Waals surface area contributed by atoms with Gasteiger partial charge in [-0.25, -0.2) is 4.79 Å². The second-order valence-corrected chi connectivity index (χ2v) is 10.1. The number of rotatable bonds is 8. The number of hydrogen-bond donors (Lipinski definition) is 1. The third-order valence-electron chi connectivity index (χ3n) is 6.84. The van der Waals surface area contributed by atoms with Crippen molar-refractivity contribution in [3.8, 4) is 5.75 Å². The number of hydrogen-bond acceptors (Lipinski definition) is 6. The van der Waals surface area contributed by atoms with Crippen molar-refractivity contribution in [2.75, 3.05) is 12.9 Å². The molecule has 0 bridgehead atoms. The van der Waals surface area contributed by atoms with E-state index in [9.17, 15) is 9.59 Å². The Morgan fingerprint density at radius 1 is 1.05 bits per heavy atom. The number of amides is 1. The van der Waals surface area contributed by atoms with Crippen LogP contribution < -0.4 is 10.5 Å². The highest BCUT2D eigenvalue weighted by Crippen LogP contribution is 2.43. The van der Waals surface area contributed by atoms with E-state index < -0.39 is 17.6 Å². The Hall–Kier alpha value is -3.81. The molecule has 0 aromatic heterocycles. The van der Waals surface area contributed by atoms with E-state index in [0.29, 0.717) is 17.7 Å². The van der Waals surface area contributed by atoms with E-state index in [4.69, 9.17) is 15.2 Å². The first-order valence-electron chi connectivity index (χ1n) is 12.0. The summed E-state index contributed by atoms with van der Waals surface area (Å²) in [6, 6.07) is 26.4. The first-order valence-corrected chi connectivity index (χ1v) is 13.1. The van der Waals surface area contributed by atoms with Crippen molar-refractivity contribution in [1.82, 2.24) is 4.90 Å². The van der Waals surface area contributed by atoms with E-state index in [2.05, 4.69) is 6.58 Å². The summed E-state index contributed by atoms with van der Waals surface area (Å²) in [4.78, 5) is 28.3. The van der Waals surface area contributed by atoms with Gasteiger partial charge < -0.3 is 15.2 Å². The van der Waals surface area contributed by atoms with Gasteiger partial charge in [0.2, 0.25) is 5.91 Å². The monoisotopic (exact) mass is 512 g/mol. The largest absolute Gasteiger partial charge is 0.497 e. The summed E-state index contributed by atoms with van der Waals surface area (Å²) < 4.78 is 11.9. The van der Waals surface area contributed by atoms with E-state index >= 15 is 0 Å². The number of fused-ring (bicyclic) bond motifs is 1. The van der Waals surface area contributed by atoms with Crippen molar-refractivity contribution in [3.63, 3.8) is 0 Å². The summed E-state index contributed by atoms with van der Waals surface area (Å²) in [5.41, 5.74) is 8.35. The van der Waals surface area contributed by atoms with Gasteiger partial charge in [0.15, 0.2) is 5.60 Å². The van der Waals surface area contributed by atoms with Crippen LogP contribution in [0.4, 0.5) is 0 Å². The van der Waals surface area contributed by atoms with Crippen molar-refractivity contribution < 1.29 is 19.1 Å². The molecule has 0 spiro atoms. The fraction of sp³-hybridized carbons (Fsp3) is 0.200. The van der Waals surface area contributed by atoms with Gasteiger partial charge in [-0.1, -0.05) is 85.5 Å². The summed E-state index contributed by atoms with van der Waals surface area (Å²) >= 11 is 1.53. The average molecular weight is 513 g/mol. The van der Waals surface area contributed by atoms with Crippen LogP contribution in [0, 0.1) is 0 Å². The Morgan fingerprint density at radius 3 is 2.19 bits per heavy atom. The molecule has 3 aromatic carbocycles. The molecule has 0 saturated carbocycles. The number of nitrogens with two attached hydrogens (primary N) is 1. The lowest BCUT2D eigenvalue weighted by atomic mass is 9.81. The van der Waals surface area contributed by atoms with Gasteiger partial charge in [-0.3, -0.25) is 9.69 Å². The molecule has 1 fully saturated rings. The zero-order chi connectivity index (χ0) is 26.0. The first kappa shape index (κ1) is 24.9. The predicted octanol–water partition coefficient (Wildman–Crippen LogP) is 4.41. The number of carbonyl (C=O) groups excluding carboxylic acids is 2. The van der Waals surface area contributed by atoms with Crippen molar-refractivity contribution >= 4 is 23.6 Å². The summed E-state index contributed by atoms with van der Waals surface area (Å²) in [7, 11) is 1.62. The zero-order valence-corrected chi connectivity index (χ0v) is 21.3. The molecule has 1 amide bonds. The molecule has 2 aliphatic heterocycles. The van der Waals surface area contributed by atoms with E-state index in [1.807, 2.05) is 84.9 Å². The zero-order valence-electron chi connectivity index (χ0n) is 20.5. The fourth-order valence-electron chi connectivity index (χ4n) is 4.86. The smallest absolute Gasteiger partial charge is 0.356 e. The lowest BCUT2D eigenvalue weighted by Crippen LogP contribution is -2.68. The van der Waals surface area contributed by atoms with Crippen LogP contribution in [-0.4, -0.2) is 41.1 Å². The van der Waals surface area contributed by atoms with Gasteiger partial charge >= 0.3 is 5.97 Å². The number of thioether (sulfide) groups is 1. The fourth-order valence-corrected chi connectivity index (χ4v) is 6.15. The van der Waals surface area contributed by atoms with Gasteiger partial charge in [0, 0.05) is 23.3 Å². The van der Waals surface area contributed by atoms with Crippen LogP contribution in [0.15, 0.2) is 109 Å². The number of esters is 1. The molecule has 2 atom stereocenters. The minimum absolute atomic E-state index is 0.219. The summed E-state index contributed by atoms with van der Waals surface area (Å²) in [5.74, 6) is 0.397. The number of methoxy groups -OCH3 is 1. The van der Waals surface area contributed by atoms with Crippen LogP contribution in [-0.2, 0) is 26.3 Å². The Labute approximate surface area is 220 Å². The molecule has 0 aliphatic carbocycles. The van der Waals surface area contributed by atoms with Crippen molar-refractivity contribution in [2.45, 2.75) is 23.4 Å². The summed E-state index contributed by atoms with van der Waals surface area (Å²) in [6.45, 7) is 3.88. The maximum Gasteiger partial charge on any atom is 0.356 e. The van der Waals surface area contributed by atoms with Crippen LogP contribution in [0.1, 0.15) is 16.7 Å². The van der Waals surface area contributed by atoms with Crippen molar-refractivity contribution in [2.24, 2.45) is 5.73 Å². The van der Waals surface area contributed by atoms with Gasteiger partial charge in [0.25, 0.3) is 0 Å². The van der Waals surface area contributed by atoms with E-state index in [0.717, 1.165) is 22.4 Å². The van der Waals surface area contributed by atoms with E-state index in [1.165, 1.54) is 16.7 Å².